The molecule has 2 rings (SSSR count). The van der Waals surface area contributed by atoms with Crippen molar-refractivity contribution in [3.63, 3.8) is 0 Å². The maximum absolute atomic E-state index is 12.4. The highest BCUT2D eigenvalue weighted by atomic mass is 16.5. The van der Waals surface area contributed by atoms with Gasteiger partial charge in [0.15, 0.2) is 23.0 Å². The molecule has 1 amide bonds. The van der Waals surface area contributed by atoms with E-state index in [-0.39, 0.29) is 12.0 Å². The first-order valence-corrected chi connectivity index (χ1v) is 9.97. The molecular weight excluding hydrogens is 384 g/mol. The van der Waals surface area contributed by atoms with Crippen LogP contribution in [-0.4, -0.2) is 39.1 Å². The lowest BCUT2D eigenvalue weighted by Crippen LogP contribution is -2.18. The van der Waals surface area contributed by atoms with Crippen LogP contribution in [0.15, 0.2) is 41.5 Å². The van der Waals surface area contributed by atoms with Gasteiger partial charge in [0, 0.05) is 5.56 Å². The summed E-state index contributed by atoms with van der Waals surface area (Å²) < 4.78 is 22.1. The zero-order chi connectivity index (χ0) is 21.9. The Balaban J connectivity index is 2.03. The molecule has 2 aromatic rings. The van der Waals surface area contributed by atoms with Crippen LogP contribution in [0.4, 0.5) is 0 Å². The van der Waals surface area contributed by atoms with E-state index in [0.29, 0.717) is 35.2 Å². The molecule has 0 aliphatic heterocycles. The van der Waals surface area contributed by atoms with E-state index in [0.717, 1.165) is 18.4 Å². The third-order valence-corrected chi connectivity index (χ3v) is 4.11. The Hall–Kier alpha value is -3.22. The van der Waals surface area contributed by atoms with Gasteiger partial charge in [-0.3, -0.25) is 4.79 Å². The van der Waals surface area contributed by atoms with Gasteiger partial charge in [-0.1, -0.05) is 13.3 Å². The quantitative estimate of drug-likeness (QED) is 0.334. The average molecular weight is 415 g/mol. The summed E-state index contributed by atoms with van der Waals surface area (Å²) in [5, 5.41) is 4.03. The van der Waals surface area contributed by atoms with Crippen molar-refractivity contribution in [2.24, 2.45) is 5.10 Å². The number of nitrogens with zero attached hydrogens (tertiary/aromatic N) is 1. The Labute approximate surface area is 178 Å². The van der Waals surface area contributed by atoms with Crippen molar-refractivity contribution in [1.29, 1.82) is 0 Å². The molecule has 2 aromatic carbocycles. The molecule has 0 saturated carbocycles. The molecule has 7 nitrogen and oxygen atoms in total. The van der Waals surface area contributed by atoms with Gasteiger partial charge in [-0.05, 0) is 62.2 Å². The van der Waals surface area contributed by atoms with E-state index in [4.69, 9.17) is 18.9 Å². The van der Waals surface area contributed by atoms with Gasteiger partial charge in [-0.25, -0.2) is 5.43 Å². The van der Waals surface area contributed by atoms with Crippen molar-refractivity contribution in [2.75, 3.05) is 20.8 Å². The lowest BCUT2D eigenvalue weighted by atomic mass is 10.2. The Morgan fingerprint density at radius 3 is 2.40 bits per heavy atom. The minimum Gasteiger partial charge on any atom is -0.493 e. The second-order valence-corrected chi connectivity index (χ2v) is 6.84. The van der Waals surface area contributed by atoms with Crippen LogP contribution in [0.5, 0.6) is 23.0 Å². The maximum atomic E-state index is 12.4. The van der Waals surface area contributed by atoms with Crippen LogP contribution in [0.1, 0.15) is 49.5 Å². The Kier molecular flexibility index (Phi) is 9.00. The van der Waals surface area contributed by atoms with Crippen molar-refractivity contribution in [3.05, 3.63) is 47.5 Å². The minimum atomic E-state index is -0.355. The molecule has 7 heteroatoms. The molecule has 0 spiro atoms. The van der Waals surface area contributed by atoms with Gasteiger partial charge in [0.05, 0.1) is 33.1 Å². The molecule has 0 fully saturated rings. The van der Waals surface area contributed by atoms with Gasteiger partial charge in [0.25, 0.3) is 5.91 Å². The molecule has 0 heterocycles. The van der Waals surface area contributed by atoms with Crippen molar-refractivity contribution in [1.82, 2.24) is 5.43 Å². The summed E-state index contributed by atoms with van der Waals surface area (Å²) in [5.41, 5.74) is 3.70. The summed E-state index contributed by atoms with van der Waals surface area (Å²) in [4.78, 5) is 12.4. The standard InChI is InChI=1S/C23H30N2O5/c1-6-7-12-29-19-10-8-17(13-21(19)27-4)15-24-25-23(26)18-9-11-20(30-16(2)3)22(14-18)28-5/h8-11,13-16H,6-7,12H2,1-5H3,(H,25,26)/b24-15-. The fourth-order valence-electron chi connectivity index (χ4n) is 2.60. The number of nitrogens with one attached hydrogen (secondary N) is 1. The Morgan fingerprint density at radius 1 is 1.03 bits per heavy atom. The number of hydrogen-bond donors (Lipinski definition) is 1. The summed E-state index contributed by atoms with van der Waals surface area (Å²) in [6, 6.07) is 10.5. The lowest BCUT2D eigenvalue weighted by Gasteiger charge is -2.14. The number of hydrogen-bond acceptors (Lipinski definition) is 6. The largest absolute Gasteiger partial charge is 0.493 e. The Bertz CT molecular complexity index is 865. The molecule has 0 unspecified atom stereocenters. The van der Waals surface area contributed by atoms with Gasteiger partial charge in [0.1, 0.15) is 0 Å². The monoisotopic (exact) mass is 414 g/mol. The van der Waals surface area contributed by atoms with Crippen LogP contribution in [0.25, 0.3) is 0 Å². The number of carbonyl (C=O) groups excluding carboxylic acids is 1. The second-order valence-electron chi connectivity index (χ2n) is 6.84. The average Bonchev–Trinajstić information content (AvgIpc) is 2.74. The van der Waals surface area contributed by atoms with Crippen LogP contribution >= 0.6 is 0 Å². The number of methoxy groups -OCH3 is 2. The first-order valence-electron chi connectivity index (χ1n) is 9.97. The van der Waals surface area contributed by atoms with E-state index in [1.807, 2.05) is 26.0 Å². The number of amides is 1. The molecular formula is C23H30N2O5. The van der Waals surface area contributed by atoms with E-state index in [9.17, 15) is 4.79 Å². The molecule has 0 radical (unpaired) electrons. The smallest absolute Gasteiger partial charge is 0.271 e. The van der Waals surface area contributed by atoms with Crippen molar-refractivity contribution < 1.29 is 23.7 Å². The molecule has 30 heavy (non-hydrogen) atoms. The summed E-state index contributed by atoms with van der Waals surface area (Å²) in [6.07, 6.45) is 3.59. The number of benzene rings is 2. The van der Waals surface area contributed by atoms with E-state index in [2.05, 4.69) is 17.5 Å². The molecule has 0 atom stereocenters. The number of rotatable bonds is 11. The first kappa shape index (κ1) is 23.1. The predicted molar refractivity (Wildman–Crippen MR) is 117 cm³/mol. The number of unbranched alkanes of at least 4 members (excludes halogenated alkanes) is 1. The van der Waals surface area contributed by atoms with Crippen LogP contribution in [-0.2, 0) is 0 Å². The fraction of sp³-hybridized carbons (Fsp3) is 0.391. The van der Waals surface area contributed by atoms with Crippen molar-refractivity contribution in [2.45, 2.75) is 39.7 Å². The van der Waals surface area contributed by atoms with Gasteiger partial charge >= 0.3 is 0 Å². The second kappa shape index (κ2) is 11.7. The van der Waals surface area contributed by atoms with E-state index < -0.39 is 0 Å². The highest BCUT2D eigenvalue weighted by molar-refractivity contribution is 5.95. The highest BCUT2D eigenvalue weighted by Gasteiger charge is 2.12. The molecule has 0 aliphatic rings. The molecule has 0 bridgehead atoms. The topological polar surface area (TPSA) is 78.4 Å². The van der Waals surface area contributed by atoms with Gasteiger partial charge in [0.2, 0.25) is 0 Å². The summed E-state index contributed by atoms with van der Waals surface area (Å²) in [7, 11) is 3.12. The highest BCUT2D eigenvalue weighted by Crippen LogP contribution is 2.29. The van der Waals surface area contributed by atoms with Crippen LogP contribution in [0, 0.1) is 0 Å². The van der Waals surface area contributed by atoms with E-state index in [1.165, 1.54) is 7.11 Å². The van der Waals surface area contributed by atoms with Crippen LogP contribution < -0.4 is 24.4 Å². The number of carbonyl (C=O) groups is 1. The fourth-order valence-corrected chi connectivity index (χ4v) is 2.60. The van der Waals surface area contributed by atoms with Gasteiger partial charge in [-0.15, -0.1) is 0 Å². The number of hydrazone groups is 1. The zero-order valence-electron chi connectivity index (χ0n) is 18.2. The predicted octanol–water partition coefficient (Wildman–Crippen LogP) is 4.43. The molecule has 0 aliphatic carbocycles. The molecule has 0 saturated heterocycles. The summed E-state index contributed by atoms with van der Waals surface area (Å²) in [6.45, 7) is 6.60. The van der Waals surface area contributed by atoms with Crippen LogP contribution in [0.3, 0.4) is 0 Å². The van der Waals surface area contributed by atoms with Crippen molar-refractivity contribution >= 4 is 12.1 Å². The maximum Gasteiger partial charge on any atom is 0.271 e. The molecule has 162 valence electrons. The Morgan fingerprint density at radius 2 is 1.73 bits per heavy atom. The van der Waals surface area contributed by atoms with Gasteiger partial charge in [-0.2, -0.15) is 5.10 Å². The molecule has 0 aromatic heterocycles. The summed E-state index contributed by atoms with van der Waals surface area (Å²) >= 11 is 0. The lowest BCUT2D eigenvalue weighted by molar-refractivity contribution is 0.0954. The summed E-state index contributed by atoms with van der Waals surface area (Å²) in [5.74, 6) is 2.02. The minimum absolute atomic E-state index is 0.00333. The van der Waals surface area contributed by atoms with E-state index >= 15 is 0 Å². The van der Waals surface area contributed by atoms with Gasteiger partial charge < -0.3 is 18.9 Å². The number of ether oxygens (including phenoxy) is 4. The van der Waals surface area contributed by atoms with Crippen molar-refractivity contribution in [3.8, 4) is 23.0 Å². The first-order chi connectivity index (χ1) is 14.5. The zero-order valence-corrected chi connectivity index (χ0v) is 18.2. The SMILES string of the molecule is CCCCOc1ccc(/C=N\NC(=O)c2ccc(OC(C)C)c(OC)c2)cc1OC. The third kappa shape index (κ3) is 6.69. The van der Waals surface area contributed by atoms with E-state index in [1.54, 1.807) is 37.6 Å². The normalized spacial score (nSPS) is 10.9. The molecule has 1 N–H and O–H groups in total. The third-order valence-electron chi connectivity index (χ3n) is 4.11. The van der Waals surface area contributed by atoms with Crippen LogP contribution in [0.2, 0.25) is 0 Å².